The number of thiophene rings is 1. The van der Waals surface area contributed by atoms with E-state index in [2.05, 4.69) is 23.5 Å². The van der Waals surface area contributed by atoms with Crippen LogP contribution in [0.1, 0.15) is 37.0 Å². The number of carbonyl (C=O) groups excluding carboxylic acids is 1. The molecule has 0 spiro atoms. The summed E-state index contributed by atoms with van der Waals surface area (Å²) < 4.78 is 27.8. The first kappa shape index (κ1) is 20.8. The minimum Gasteiger partial charge on any atom is -0.372 e. The number of hydrogen-bond donors (Lipinski definition) is 1. The lowest BCUT2D eigenvalue weighted by Crippen LogP contribution is -2.46. The summed E-state index contributed by atoms with van der Waals surface area (Å²) in [6.45, 7) is 7.18. The van der Waals surface area contributed by atoms with Crippen LogP contribution in [-0.4, -0.2) is 51.4 Å². The van der Waals surface area contributed by atoms with Crippen LogP contribution in [0.4, 0.5) is 5.69 Å². The molecule has 1 aromatic carbocycles. The summed E-state index contributed by atoms with van der Waals surface area (Å²) >= 11 is 1.21. The molecule has 2 heterocycles. The van der Waals surface area contributed by atoms with Crippen molar-refractivity contribution in [1.82, 2.24) is 9.62 Å². The molecule has 28 heavy (non-hydrogen) atoms. The topological polar surface area (TPSA) is 69.7 Å². The van der Waals surface area contributed by atoms with Crippen LogP contribution in [0.5, 0.6) is 0 Å². The fourth-order valence-corrected chi connectivity index (χ4v) is 5.79. The Hall–Kier alpha value is -1.90. The zero-order valence-corrected chi connectivity index (χ0v) is 17.9. The third-order valence-corrected chi connectivity index (χ3v) is 8.02. The molecule has 1 fully saturated rings. The average Bonchev–Trinajstić information content (AvgIpc) is 3.25. The molecule has 8 heteroatoms. The zero-order valence-electron chi connectivity index (χ0n) is 16.3. The maximum Gasteiger partial charge on any atom is 0.253 e. The Morgan fingerprint density at radius 1 is 1.14 bits per heavy atom. The number of hydrogen-bond acceptors (Lipinski definition) is 5. The van der Waals surface area contributed by atoms with E-state index in [0.717, 1.165) is 18.8 Å². The van der Waals surface area contributed by atoms with E-state index in [1.165, 1.54) is 11.3 Å². The maximum absolute atomic E-state index is 12.8. The molecular weight excluding hydrogens is 394 g/mol. The lowest BCUT2D eigenvalue weighted by Gasteiger charge is -2.32. The number of amides is 1. The number of likely N-dealkylation sites (tertiary alicyclic amines) is 1. The fourth-order valence-electron chi connectivity index (χ4n) is 3.48. The number of carbonyl (C=O) groups is 1. The highest BCUT2D eigenvalue weighted by Gasteiger charge is 2.27. The van der Waals surface area contributed by atoms with Gasteiger partial charge in [-0.1, -0.05) is 6.07 Å². The van der Waals surface area contributed by atoms with Crippen molar-refractivity contribution >= 4 is 33.0 Å². The average molecular weight is 422 g/mol. The van der Waals surface area contributed by atoms with Crippen molar-refractivity contribution in [2.45, 2.75) is 36.9 Å². The second-order valence-electron chi connectivity index (χ2n) is 6.84. The van der Waals surface area contributed by atoms with E-state index < -0.39 is 10.0 Å². The molecule has 0 atom stereocenters. The Kier molecular flexibility index (Phi) is 6.74. The van der Waals surface area contributed by atoms with Crippen molar-refractivity contribution < 1.29 is 13.2 Å². The van der Waals surface area contributed by atoms with Crippen molar-refractivity contribution in [2.75, 3.05) is 31.1 Å². The maximum atomic E-state index is 12.8. The molecule has 0 aliphatic carbocycles. The Morgan fingerprint density at radius 2 is 1.79 bits per heavy atom. The second kappa shape index (κ2) is 9.07. The van der Waals surface area contributed by atoms with Crippen LogP contribution in [0, 0.1) is 0 Å². The van der Waals surface area contributed by atoms with Gasteiger partial charge in [0.1, 0.15) is 4.21 Å². The molecule has 0 radical (unpaired) electrons. The van der Waals surface area contributed by atoms with Gasteiger partial charge in [0.2, 0.25) is 10.0 Å². The molecule has 1 amide bonds. The van der Waals surface area contributed by atoms with E-state index in [1.54, 1.807) is 17.5 Å². The quantitative estimate of drug-likeness (QED) is 0.745. The lowest BCUT2D eigenvalue weighted by atomic mass is 10.0. The van der Waals surface area contributed by atoms with Gasteiger partial charge in [0, 0.05) is 43.5 Å². The molecule has 3 rings (SSSR count). The number of sulfonamides is 1. The van der Waals surface area contributed by atoms with E-state index in [4.69, 9.17) is 0 Å². The number of rotatable bonds is 7. The number of anilines is 1. The summed E-state index contributed by atoms with van der Waals surface area (Å²) in [5.41, 5.74) is 1.79. The van der Waals surface area contributed by atoms with Gasteiger partial charge in [-0.05, 0) is 62.4 Å². The Balaban J connectivity index is 1.56. The molecule has 6 nitrogen and oxygen atoms in total. The summed E-state index contributed by atoms with van der Waals surface area (Å²) in [5.74, 6) is 0.00524. The van der Waals surface area contributed by atoms with Gasteiger partial charge < -0.3 is 9.80 Å². The summed E-state index contributed by atoms with van der Waals surface area (Å²) in [7, 11) is -3.46. The highest BCUT2D eigenvalue weighted by Crippen LogP contribution is 2.21. The SMILES string of the molecule is CCN(CC)c1ccc(C(=O)N2CCC(NS(=O)(=O)c3cccs3)CC2)cc1. The largest absolute Gasteiger partial charge is 0.372 e. The fraction of sp³-hybridized carbons (Fsp3) is 0.450. The molecule has 1 N–H and O–H groups in total. The number of piperidine rings is 1. The van der Waals surface area contributed by atoms with Gasteiger partial charge in [-0.25, -0.2) is 13.1 Å². The summed E-state index contributed by atoms with van der Waals surface area (Å²) in [4.78, 5) is 16.8. The number of nitrogens with zero attached hydrogens (tertiary/aromatic N) is 2. The minimum atomic E-state index is -3.46. The van der Waals surface area contributed by atoms with Gasteiger partial charge in [0.05, 0.1) is 0 Å². The van der Waals surface area contributed by atoms with Crippen LogP contribution in [0.2, 0.25) is 0 Å². The van der Waals surface area contributed by atoms with E-state index in [1.807, 2.05) is 29.2 Å². The van der Waals surface area contributed by atoms with Crippen LogP contribution in [0.25, 0.3) is 0 Å². The van der Waals surface area contributed by atoms with E-state index in [9.17, 15) is 13.2 Å². The summed E-state index contributed by atoms with van der Waals surface area (Å²) in [6.07, 6.45) is 1.24. The second-order valence-corrected chi connectivity index (χ2v) is 9.73. The van der Waals surface area contributed by atoms with Crippen LogP contribution in [-0.2, 0) is 10.0 Å². The molecule has 152 valence electrons. The van der Waals surface area contributed by atoms with E-state index >= 15 is 0 Å². The van der Waals surface area contributed by atoms with Gasteiger partial charge in [0.15, 0.2) is 0 Å². The van der Waals surface area contributed by atoms with Crippen LogP contribution >= 0.6 is 11.3 Å². The molecule has 1 aliphatic heterocycles. The van der Waals surface area contributed by atoms with Gasteiger partial charge in [-0.3, -0.25) is 4.79 Å². The standard InChI is InChI=1S/C20H27N3O3S2/c1-3-22(4-2)18-9-7-16(8-10-18)20(24)23-13-11-17(12-14-23)21-28(25,26)19-6-5-15-27-19/h5-10,15,17,21H,3-4,11-14H2,1-2H3. The Bertz CT molecular complexity index is 868. The predicted octanol–water partition coefficient (Wildman–Crippen LogP) is 3.18. The molecule has 1 saturated heterocycles. The van der Waals surface area contributed by atoms with Crippen molar-refractivity contribution in [3.05, 3.63) is 47.3 Å². The highest BCUT2D eigenvalue weighted by atomic mass is 32.2. The monoisotopic (exact) mass is 421 g/mol. The van der Waals surface area contributed by atoms with Gasteiger partial charge in [0.25, 0.3) is 5.91 Å². The van der Waals surface area contributed by atoms with Gasteiger partial charge in [-0.2, -0.15) is 0 Å². The minimum absolute atomic E-state index is 0.00524. The van der Waals surface area contributed by atoms with Crippen molar-refractivity contribution in [1.29, 1.82) is 0 Å². The third kappa shape index (κ3) is 4.74. The van der Waals surface area contributed by atoms with Gasteiger partial charge >= 0.3 is 0 Å². The lowest BCUT2D eigenvalue weighted by molar-refractivity contribution is 0.0711. The molecule has 2 aromatic rings. The third-order valence-electron chi connectivity index (χ3n) is 5.11. The molecule has 0 unspecified atom stereocenters. The van der Waals surface area contributed by atoms with Crippen LogP contribution < -0.4 is 9.62 Å². The Labute approximate surface area is 171 Å². The van der Waals surface area contributed by atoms with Crippen molar-refractivity contribution in [3.63, 3.8) is 0 Å². The smallest absolute Gasteiger partial charge is 0.253 e. The van der Waals surface area contributed by atoms with Crippen molar-refractivity contribution in [3.8, 4) is 0 Å². The van der Waals surface area contributed by atoms with E-state index in [0.29, 0.717) is 35.7 Å². The highest BCUT2D eigenvalue weighted by molar-refractivity contribution is 7.91. The first-order valence-electron chi connectivity index (χ1n) is 9.64. The summed E-state index contributed by atoms with van der Waals surface area (Å²) in [6, 6.07) is 10.9. The first-order chi connectivity index (χ1) is 13.4. The molecule has 1 aliphatic rings. The number of benzene rings is 1. The van der Waals surface area contributed by atoms with Crippen molar-refractivity contribution in [2.24, 2.45) is 0 Å². The molecular formula is C20H27N3O3S2. The predicted molar refractivity (Wildman–Crippen MR) is 114 cm³/mol. The normalized spacial score (nSPS) is 15.6. The number of nitrogens with one attached hydrogen (secondary N) is 1. The first-order valence-corrected chi connectivity index (χ1v) is 12.0. The summed E-state index contributed by atoms with van der Waals surface area (Å²) in [5, 5.41) is 1.75. The van der Waals surface area contributed by atoms with E-state index in [-0.39, 0.29) is 11.9 Å². The van der Waals surface area contributed by atoms with Gasteiger partial charge in [-0.15, -0.1) is 11.3 Å². The molecule has 0 saturated carbocycles. The zero-order chi connectivity index (χ0) is 20.1. The molecule has 0 bridgehead atoms. The van der Waals surface area contributed by atoms with Crippen LogP contribution in [0.3, 0.4) is 0 Å². The Morgan fingerprint density at radius 3 is 2.32 bits per heavy atom. The van der Waals surface area contributed by atoms with Crippen LogP contribution in [0.15, 0.2) is 46.0 Å². The molecule has 1 aromatic heterocycles.